The molecule has 0 saturated carbocycles. The molecule has 5 atom stereocenters. The largest absolute Gasteiger partial charge is 0.338 e. The smallest absolute Gasteiger partial charge is 0.0633 e. The van der Waals surface area contributed by atoms with E-state index in [0.29, 0.717) is 29.8 Å². The monoisotopic (exact) mass is 690 g/mol. The molecule has 1 heterocycles. The maximum Gasteiger partial charge on any atom is 0.0633 e. The van der Waals surface area contributed by atoms with Crippen molar-refractivity contribution >= 4 is 16.9 Å². The molecular formula is C51H50N2. The summed E-state index contributed by atoms with van der Waals surface area (Å²) in [7, 11) is 0. The van der Waals surface area contributed by atoms with E-state index in [9.17, 15) is 0 Å². The maximum absolute atomic E-state index is 2.71. The summed E-state index contributed by atoms with van der Waals surface area (Å²) >= 11 is 0. The quantitative estimate of drug-likeness (QED) is 0.298. The zero-order valence-corrected chi connectivity index (χ0v) is 31.2. The van der Waals surface area contributed by atoms with E-state index in [4.69, 9.17) is 0 Å². The zero-order valence-electron chi connectivity index (χ0n) is 31.2. The number of benzene rings is 2. The molecule has 0 amide bonds. The molecule has 7 aliphatic carbocycles. The molecule has 8 aliphatic rings. The zero-order chi connectivity index (χ0) is 35.5. The average Bonchev–Trinajstić information content (AvgIpc) is 3.67. The van der Waals surface area contributed by atoms with Crippen LogP contribution in [0.1, 0.15) is 64.4 Å². The Morgan fingerprint density at radius 3 is 2.45 bits per heavy atom. The summed E-state index contributed by atoms with van der Waals surface area (Å²) in [6, 6.07) is 20.5. The van der Waals surface area contributed by atoms with E-state index in [-0.39, 0.29) is 5.41 Å². The van der Waals surface area contributed by atoms with E-state index in [0.717, 1.165) is 32.1 Å². The number of para-hydroxylation sites is 2. The third-order valence-corrected chi connectivity index (χ3v) is 13.4. The standard InChI is InChI=1S/C51H50N2/c1-51(2)47-19-11-9-17-43(47)44-31-30-42(34-48(44)51)52(40-26-21-36(22-27-40)35-13-5-3-6-14-35)41-28-23-37(24-29-41)38-25-32-50-46(33-38)45-18-10-12-20-49(45)53(50)39-15-7-4-8-16-39/h4-5,7-21,23,25-28,30-31,33,36,42-43,47,50H,3,6,22,24,29,32,34H2,1-2H3. The molecule has 2 nitrogen and oxygen atoms in total. The van der Waals surface area contributed by atoms with Crippen molar-refractivity contribution in [2.24, 2.45) is 23.2 Å². The summed E-state index contributed by atoms with van der Waals surface area (Å²) in [5, 5.41) is 0. The first-order chi connectivity index (χ1) is 26.0. The van der Waals surface area contributed by atoms with Gasteiger partial charge in [0.05, 0.1) is 12.1 Å². The molecule has 2 heteroatoms. The highest BCUT2D eigenvalue weighted by molar-refractivity contribution is 5.94. The van der Waals surface area contributed by atoms with Crippen molar-refractivity contribution in [3.8, 4) is 0 Å². The summed E-state index contributed by atoms with van der Waals surface area (Å²) in [6.45, 7) is 4.97. The Balaban J connectivity index is 0.961. The number of anilines is 2. The summed E-state index contributed by atoms with van der Waals surface area (Å²) in [6.07, 6.45) is 46.5. The molecule has 10 rings (SSSR count). The van der Waals surface area contributed by atoms with E-state index in [1.165, 1.54) is 63.5 Å². The van der Waals surface area contributed by atoms with Gasteiger partial charge in [-0.2, -0.15) is 0 Å². The first-order valence-electron chi connectivity index (χ1n) is 20.1. The van der Waals surface area contributed by atoms with Crippen molar-refractivity contribution in [1.82, 2.24) is 4.90 Å². The molecule has 2 aromatic rings. The fourth-order valence-corrected chi connectivity index (χ4v) is 10.6. The van der Waals surface area contributed by atoms with Crippen molar-refractivity contribution in [2.75, 3.05) is 4.90 Å². The molecule has 0 radical (unpaired) electrons. The third kappa shape index (κ3) is 5.52. The minimum Gasteiger partial charge on any atom is -0.338 e. The molecule has 0 bridgehead atoms. The van der Waals surface area contributed by atoms with Crippen molar-refractivity contribution in [3.05, 3.63) is 197 Å². The third-order valence-electron chi connectivity index (χ3n) is 13.4. The van der Waals surface area contributed by atoms with Gasteiger partial charge in [-0.1, -0.05) is 135 Å². The fraction of sp³-hybridized carbons (Fsp3) is 0.294. The van der Waals surface area contributed by atoms with Crippen LogP contribution in [0.15, 0.2) is 191 Å². The van der Waals surface area contributed by atoms with Gasteiger partial charge in [0, 0.05) is 40.2 Å². The van der Waals surface area contributed by atoms with Crippen molar-refractivity contribution < 1.29 is 0 Å². The van der Waals surface area contributed by atoms with Crippen LogP contribution in [0, 0.1) is 23.2 Å². The molecule has 0 N–H and O–H groups in total. The summed E-state index contributed by atoms with van der Waals surface area (Å²) in [5.41, 5.74) is 15.9. The van der Waals surface area contributed by atoms with Crippen LogP contribution in [-0.2, 0) is 0 Å². The van der Waals surface area contributed by atoms with Gasteiger partial charge in [0.25, 0.3) is 0 Å². The number of allylic oxidation sites excluding steroid dienone is 19. The highest BCUT2D eigenvalue weighted by Gasteiger charge is 2.47. The summed E-state index contributed by atoms with van der Waals surface area (Å²) < 4.78 is 0. The Morgan fingerprint density at radius 2 is 1.64 bits per heavy atom. The van der Waals surface area contributed by atoms with Gasteiger partial charge in [-0.25, -0.2) is 0 Å². The van der Waals surface area contributed by atoms with Crippen molar-refractivity contribution in [3.63, 3.8) is 0 Å². The van der Waals surface area contributed by atoms with Crippen LogP contribution in [0.2, 0.25) is 0 Å². The van der Waals surface area contributed by atoms with Gasteiger partial charge in [-0.3, -0.25) is 0 Å². The number of hydrogen-bond donors (Lipinski definition) is 0. The number of rotatable bonds is 6. The van der Waals surface area contributed by atoms with Crippen LogP contribution < -0.4 is 4.90 Å². The summed E-state index contributed by atoms with van der Waals surface area (Å²) in [4.78, 5) is 5.26. The van der Waals surface area contributed by atoms with Crippen LogP contribution in [0.4, 0.5) is 11.4 Å². The Morgan fingerprint density at radius 1 is 0.774 bits per heavy atom. The van der Waals surface area contributed by atoms with Gasteiger partial charge in [0.15, 0.2) is 0 Å². The predicted molar refractivity (Wildman–Crippen MR) is 222 cm³/mol. The molecule has 2 aromatic carbocycles. The van der Waals surface area contributed by atoms with E-state index >= 15 is 0 Å². The van der Waals surface area contributed by atoms with Crippen LogP contribution in [-0.4, -0.2) is 17.0 Å². The molecule has 0 saturated heterocycles. The highest BCUT2D eigenvalue weighted by Crippen LogP contribution is 2.56. The van der Waals surface area contributed by atoms with Crippen LogP contribution in [0.25, 0.3) is 5.57 Å². The molecular weight excluding hydrogens is 641 g/mol. The Labute approximate surface area is 316 Å². The van der Waals surface area contributed by atoms with E-state index in [2.05, 4.69) is 175 Å². The molecule has 1 aliphatic heterocycles. The van der Waals surface area contributed by atoms with Gasteiger partial charge < -0.3 is 9.80 Å². The Kier molecular flexibility index (Phi) is 8.05. The van der Waals surface area contributed by atoms with Gasteiger partial charge in [-0.05, 0) is 121 Å². The maximum atomic E-state index is 2.71. The number of fused-ring (bicyclic) bond motifs is 5. The van der Waals surface area contributed by atoms with E-state index in [1.807, 2.05) is 0 Å². The van der Waals surface area contributed by atoms with Gasteiger partial charge >= 0.3 is 0 Å². The fourth-order valence-electron chi connectivity index (χ4n) is 10.6. The molecule has 264 valence electrons. The number of nitrogens with zero attached hydrogens (tertiary/aromatic N) is 2. The topological polar surface area (TPSA) is 6.48 Å². The lowest BCUT2D eigenvalue weighted by Gasteiger charge is -2.41. The lowest BCUT2D eigenvalue weighted by Crippen LogP contribution is -2.36. The first-order valence-corrected chi connectivity index (χ1v) is 20.1. The Bertz CT molecular complexity index is 2220. The van der Waals surface area contributed by atoms with E-state index < -0.39 is 0 Å². The minimum atomic E-state index is 0.152. The van der Waals surface area contributed by atoms with Crippen LogP contribution in [0.5, 0.6) is 0 Å². The van der Waals surface area contributed by atoms with Crippen LogP contribution in [0.3, 0.4) is 0 Å². The first kappa shape index (κ1) is 32.6. The minimum absolute atomic E-state index is 0.152. The van der Waals surface area contributed by atoms with Gasteiger partial charge in [-0.15, -0.1) is 0 Å². The predicted octanol–water partition coefficient (Wildman–Crippen LogP) is 12.6. The summed E-state index contributed by atoms with van der Waals surface area (Å²) in [5.74, 6) is 1.53. The molecule has 0 spiro atoms. The number of hydrogen-bond acceptors (Lipinski definition) is 2. The molecule has 0 aromatic heterocycles. The molecule has 0 fully saturated rings. The van der Waals surface area contributed by atoms with Gasteiger partial charge in [0.1, 0.15) is 0 Å². The second kappa shape index (κ2) is 13.1. The normalized spacial score (nSPS) is 28.9. The second-order valence-electron chi connectivity index (χ2n) is 16.6. The van der Waals surface area contributed by atoms with Gasteiger partial charge in [0.2, 0.25) is 0 Å². The van der Waals surface area contributed by atoms with Crippen molar-refractivity contribution in [1.29, 1.82) is 0 Å². The highest BCUT2D eigenvalue weighted by atomic mass is 15.2. The lowest BCUT2D eigenvalue weighted by atomic mass is 9.72. The molecule has 53 heavy (non-hydrogen) atoms. The molecule has 5 unspecified atom stereocenters. The van der Waals surface area contributed by atoms with E-state index in [1.54, 1.807) is 11.1 Å². The van der Waals surface area contributed by atoms with Crippen molar-refractivity contribution in [2.45, 2.75) is 70.9 Å². The second-order valence-corrected chi connectivity index (χ2v) is 16.6. The lowest BCUT2D eigenvalue weighted by molar-refractivity contribution is 0.288. The Hall–Kier alpha value is -5.08. The van der Waals surface area contributed by atoms with Crippen LogP contribution >= 0.6 is 0 Å². The average molecular weight is 691 g/mol. The SMILES string of the molecule is CC1(C)C2=C(C=CC(N(C3=CCC(C4=CCCC=C4)C=C3)C3=CC=C(C4=CCC5C(=C4)c4ccccc4N5c4ccccc4)CC3)C2)C2C=CC=CC21.